The Morgan fingerprint density at radius 3 is 2.53 bits per heavy atom. The Morgan fingerprint density at radius 1 is 1.07 bits per heavy atom. The maximum atomic E-state index is 11.1. The van der Waals surface area contributed by atoms with Gasteiger partial charge in [0.1, 0.15) is 0 Å². The molecular formula is C29H48O. The van der Waals surface area contributed by atoms with E-state index in [4.69, 9.17) is 0 Å². The molecule has 0 aromatic heterocycles. The molecule has 0 radical (unpaired) electrons. The summed E-state index contributed by atoms with van der Waals surface area (Å²) in [6.07, 6.45) is 19.1. The van der Waals surface area contributed by atoms with Crippen LogP contribution >= 0.6 is 0 Å². The first-order chi connectivity index (χ1) is 14.2. The van der Waals surface area contributed by atoms with E-state index in [1.54, 1.807) is 5.57 Å². The van der Waals surface area contributed by atoms with E-state index in [2.05, 4.69) is 59.8 Å². The molecule has 0 aromatic carbocycles. The van der Waals surface area contributed by atoms with Gasteiger partial charge in [-0.05, 0) is 105 Å². The summed E-state index contributed by atoms with van der Waals surface area (Å²) >= 11 is 0. The lowest BCUT2D eigenvalue weighted by Crippen LogP contribution is -2.54. The molecule has 3 fully saturated rings. The van der Waals surface area contributed by atoms with Gasteiger partial charge in [0.2, 0.25) is 0 Å². The average molecular weight is 413 g/mol. The zero-order chi connectivity index (χ0) is 21.7. The maximum absolute atomic E-state index is 11.1. The first kappa shape index (κ1) is 22.6. The van der Waals surface area contributed by atoms with Gasteiger partial charge in [-0.15, -0.1) is 0 Å². The topological polar surface area (TPSA) is 20.2 Å². The van der Waals surface area contributed by atoms with Crippen LogP contribution in [0.15, 0.2) is 23.8 Å². The van der Waals surface area contributed by atoms with E-state index in [0.29, 0.717) is 17.3 Å². The molecule has 30 heavy (non-hydrogen) atoms. The van der Waals surface area contributed by atoms with Crippen LogP contribution in [0.3, 0.4) is 0 Å². The molecule has 1 heteroatoms. The minimum Gasteiger partial charge on any atom is -0.392 e. The molecule has 0 amide bonds. The van der Waals surface area contributed by atoms with Crippen molar-refractivity contribution in [3.05, 3.63) is 23.8 Å². The SMILES string of the molecule is CCC(C=C[C@@H](C)[C@H]1CC[C@H]2[C@@H]3CC=C4CCCC(O)[C@]4(C)[C@H]3CC[C@]12C)C(C)C. The fourth-order valence-electron chi connectivity index (χ4n) is 8.90. The first-order valence-corrected chi connectivity index (χ1v) is 13.3. The number of hydrogen-bond acceptors (Lipinski definition) is 1. The van der Waals surface area contributed by atoms with Gasteiger partial charge in [-0.2, -0.15) is 0 Å². The monoisotopic (exact) mass is 412 g/mol. The van der Waals surface area contributed by atoms with E-state index in [0.717, 1.165) is 36.0 Å². The van der Waals surface area contributed by atoms with E-state index < -0.39 is 0 Å². The van der Waals surface area contributed by atoms with Crippen LogP contribution in [-0.4, -0.2) is 11.2 Å². The third-order valence-electron chi connectivity index (χ3n) is 10.8. The molecule has 9 atom stereocenters. The van der Waals surface area contributed by atoms with Gasteiger partial charge in [-0.25, -0.2) is 0 Å². The van der Waals surface area contributed by atoms with Crippen LogP contribution in [0.4, 0.5) is 0 Å². The highest BCUT2D eigenvalue weighted by Gasteiger charge is 2.60. The molecule has 1 N–H and O–H groups in total. The largest absolute Gasteiger partial charge is 0.392 e. The van der Waals surface area contributed by atoms with Gasteiger partial charge < -0.3 is 5.11 Å². The van der Waals surface area contributed by atoms with E-state index in [1.807, 2.05) is 0 Å². The van der Waals surface area contributed by atoms with Crippen molar-refractivity contribution in [3.63, 3.8) is 0 Å². The fourth-order valence-corrected chi connectivity index (χ4v) is 8.90. The van der Waals surface area contributed by atoms with Gasteiger partial charge in [-0.1, -0.05) is 65.3 Å². The second kappa shape index (κ2) is 8.42. The van der Waals surface area contributed by atoms with Crippen LogP contribution in [0.25, 0.3) is 0 Å². The predicted octanol–water partition coefficient (Wildman–Crippen LogP) is 7.80. The zero-order valence-corrected chi connectivity index (χ0v) is 20.7. The van der Waals surface area contributed by atoms with Crippen molar-refractivity contribution in [2.75, 3.05) is 0 Å². The Balaban J connectivity index is 1.54. The Hall–Kier alpha value is -0.560. The highest BCUT2D eigenvalue weighted by atomic mass is 16.3. The van der Waals surface area contributed by atoms with Crippen molar-refractivity contribution in [2.45, 2.75) is 105 Å². The summed E-state index contributed by atoms with van der Waals surface area (Å²) in [4.78, 5) is 0. The van der Waals surface area contributed by atoms with E-state index >= 15 is 0 Å². The summed E-state index contributed by atoms with van der Waals surface area (Å²) in [5.74, 6) is 5.35. The zero-order valence-electron chi connectivity index (χ0n) is 20.7. The third kappa shape index (κ3) is 3.46. The van der Waals surface area contributed by atoms with E-state index in [9.17, 15) is 5.11 Å². The lowest BCUT2D eigenvalue weighted by atomic mass is 9.46. The van der Waals surface area contributed by atoms with Crippen LogP contribution < -0.4 is 0 Å². The molecule has 0 heterocycles. The van der Waals surface area contributed by atoms with Gasteiger partial charge in [0.25, 0.3) is 0 Å². The van der Waals surface area contributed by atoms with Crippen molar-refractivity contribution >= 4 is 0 Å². The van der Waals surface area contributed by atoms with Crippen molar-refractivity contribution in [3.8, 4) is 0 Å². The molecule has 0 bridgehead atoms. The Morgan fingerprint density at radius 2 is 1.83 bits per heavy atom. The second-order valence-corrected chi connectivity index (χ2v) is 12.3. The minimum atomic E-state index is -0.115. The number of allylic oxidation sites excluding steroid dienone is 3. The van der Waals surface area contributed by atoms with Crippen LogP contribution in [0, 0.1) is 52.3 Å². The summed E-state index contributed by atoms with van der Waals surface area (Å²) in [6.45, 7) is 14.6. The van der Waals surface area contributed by atoms with Crippen molar-refractivity contribution < 1.29 is 5.11 Å². The Kier molecular flexibility index (Phi) is 6.35. The van der Waals surface area contributed by atoms with Gasteiger partial charge in [0.05, 0.1) is 6.10 Å². The summed E-state index contributed by atoms with van der Waals surface area (Å²) in [5.41, 5.74) is 2.17. The van der Waals surface area contributed by atoms with Gasteiger partial charge in [0.15, 0.2) is 0 Å². The summed E-state index contributed by atoms with van der Waals surface area (Å²) < 4.78 is 0. The Labute approximate surface area is 186 Å². The lowest BCUT2D eigenvalue weighted by Gasteiger charge is -2.59. The molecule has 4 rings (SSSR count). The smallest absolute Gasteiger partial charge is 0.0633 e. The number of fused-ring (bicyclic) bond motifs is 5. The normalized spacial score (nSPS) is 45.6. The number of hydrogen-bond donors (Lipinski definition) is 1. The predicted molar refractivity (Wildman–Crippen MR) is 128 cm³/mol. The molecule has 1 nitrogen and oxygen atoms in total. The van der Waals surface area contributed by atoms with Crippen molar-refractivity contribution in [1.82, 2.24) is 0 Å². The molecule has 4 aliphatic rings. The molecule has 0 saturated heterocycles. The van der Waals surface area contributed by atoms with E-state index in [1.165, 1.54) is 51.4 Å². The summed E-state index contributed by atoms with van der Waals surface area (Å²) in [7, 11) is 0. The highest BCUT2D eigenvalue weighted by Crippen LogP contribution is 2.67. The minimum absolute atomic E-state index is 0.0672. The van der Waals surface area contributed by atoms with Gasteiger partial charge in [0, 0.05) is 5.41 Å². The first-order valence-electron chi connectivity index (χ1n) is 13.3. The summed E-state index contributed by atoms with van der Waals surface area (Å²) in [5, 5.41) is 11.1. The fraction of sp³-hybridized carbons (Fsp3) is 0.862. The molecular weight excluding hydrogens is 364 g/mol. The number of aliphatic hydroxyl groups excluding tert-OH is 1. The molecule has 0 aliphatic heterocycles. The van der Waals surface area contributed by atoms with Gasteiger partial charge in [-0.3, -0.25) is 0 Å². The molecule has 3 saturated carbocycles. The van der Waals surface area contributed by atoms with Crippen LogP contribution in [0.5, 0.6) is 0 Å². The molecule has 0 spiro atoms. The molecule has 0 aromatic rings. The average Bonchev–Trinajstić information content (AvgIpc) is 3.06. The quantitative estimate of drug-likeness (QED) is 0.457. The maximum Gasteiger partial charge on any atom is 0.0633 e. The number of rotatable bonds is 5. The van der Waals surface area contributed by atoms with Gasteiger partial charge >= 0.3 is 0 Å². The molecule has 4 aliphatic carbocycles. The third-order valence-corrected chi connectivity index (χ3v) is 10.8. The second-order valence-electron chi connectivity index (χ2n) is 12.3. The standard InChI is InChI=1S/C29H48O/c1-7-21(19(2)3)12-11-20(4)24-15-16-25-23-14-13-22-9-8-10-27(30)29(22,6)26(23)17-18-28(24,25)5/h11-13,19-21,23-27,30H,7-10,14-18H2,1-6H3/t20-,21?,23+,24-,25+,26+,27?,28-,29+/m1/s1. The summed E-state index contributed by atoms with van der Waals surface area (Å²) in [6, 6.07) is 0. The van der Waals surface area contributed by atoms with Crippen molar-refractivity contribution in [2.24, 2.45) is 52.3 Å². The lowest BCUT2D eigenvalue weighted by molar-refractivity contribution is -0.0913. The van der Waals surface area contributed by atoms with Crippen LogP contribution in [0.1, 0.15) is 99.3 Å². The highest BCUT2D eigenvalue weighted by molar-refractivity contribution is 5.26. The van der Waals surface area contributed by atoms with E-state index in [-0.39, 0.29) is 11.5 Å². The Bertz CT molecular complexity index is 674. The van der Waals surface area contributed by atoms with Crippen LogP contribution in [-0.2, 0) is 0 Å². The number of aliphatic hydroxyl groups is 1. The van der Waals surface area contributed by atoms with Crippen molar-refractivity contribution in [1.29, 1.82) is 0 Å². The molecule has 2 unspecified atom stereocenters. The van der Waals surface area contributed by atoms with Crippen LogP contribution in [0.2, 0.25) is 0 Å². The molecule has 170 valence electrons.